The molecule has 0 bridgehead atoms. The molecule has 1 aromatic carbocycles. The zero-order valence-corrected chi connectivity index (χ0v) is 14.8. The van der Waals surface area contributed by atoms with E-state index < -0.39 is 6.10 Å². The fourth-order valence-electron chi connectivity index (χ4n) is 2.53. The van der Waals surface area contributed by atoms with Gasteiger partial charge >= 0.3 is 0 Å². The third kappa shape index (κ3) is 4.78. The Morgan fingerprint density at radius 3 is 2.23 bits per heavy atom. The maximum atomic E-state index is 10.7. The number of rotatable bonds is 4. The highest BCUT2D eigenvalue weighted by molar-refractivity contribution is 5.47. The minimum Gasteiger partial charge on any atom is -0.507 e. The van der Waals surface area contributed by atoms with Gasteiger partial charge in [0.2, 0.25) is 0 Å². The second kappa shape index (κ2) is 7.20. The molecule has 0 fully saturated rings. The van der Waals surface area contributed by atoms with E-state index in [1.165, 1.54) is 0 Å². The Balaban J connectivity index is 3.03. The number of aliphatic hydroxyl groups excluding tert-OH is 1. The van der Waals surface area contributed by atoms with E-state index >= 15 is 0 Å². The van der Waals surface area contributed by atoms with Crippen LogP contribution in [0.3, 0.4) is 0 Å². The number of hydrogen-bond donors (Lipinski definition) is 2. The number of benzene rings is 1. The van der Waals surface area contributed by atoms with Crippen molar-refractivity contribution >= 4 is 0 Å². The molecule has 0 saturated carbocycles. The van der Waals surface area contributed by atoms with Gasteiger partial charge in [-0.3, -0.25) is 0 Å². The largest absolute Gasteiger partial charge is 0.507 e. The molecule has 0 aromatic heterocycles. The number of hydrogen-bond acceptors (Lipinski definition) is 2. The summed E-state index contributed by atoms with van der Waals surface area (Å²) in [6.45, 7) is 12.5. The zero-order valence-electron chi connectivity index (χ0n) is 14.8. The molecule has 2 N–H and O–H groups in total. The van der Waals surface area contributed by atoms with Crippen LogP contribution in [0, 0.1) is 11.8 Å². The summed E-state index contributed by atoms with van der Waals surface area (Å²) < 4.78 is 0. The maximum Gasteiger partial charge on any atom is 0.123 e. The average Bonchev–Trinajstić information content (AvgIpc) is 2.37. The molecule has 0 radical (unpaired) electrons. The van der Waals surface area contributed by atoms with Gasteiger partial charge < -0.3 is 10.2 Å². The predicted molar refractivity (Wildman–Crippen MR) is 93.1 cm³/mol. The number of aromatic hydroxyl groups is 1. The van der Waals surface area contributed by atoms with Crippen LogP contribution in [0.2, 0.25) is 0 Å². The van der Waals surface area contributed by atoms with Crippen LogP contribution in [0.1, 0.15) is 71.9 Å². The molecule has 1 aromatic rings. The Hall–Kier alpha value is -1.46. The minimum absolute atomic E-state index is 0.0980. The Bertz CT molecular complexity index is 553. The molecule has 0 amide bonds. The van der Waals surface area contributed by atoms with Gasteiger partial charge in [0.15, 0.2) is 0 Å². The summed E-state index contributed by atoms with van der Waals surface area (Å²) in [7, 11) is 0. The molecule has 2 nitrogen and oxygen atoms in total. The highest BCUT2D eigenvalue weighted by Gasteiger charge is 2.27. The van der Waals surface area contributed by atoms with E-state index in [1.807, 2.05) is 25.1 Å². The van der Waals surface area contributed by atoms with Crippen molar-refractivity contribution in [1.29, 1.82) is 0 Å². The summed E-state index contributed by atoms with van der Waals surface area (Å²) in [6, 6.07) is 5.94. The fraction of sp³-hybridized carbons (Fsp3) is 0.600. The van der Waals surface area contributed by atoms with Crippen LogP contribution in [0.25, 0.3) is 0 Å². The van der Waals surface area contributed by atoms with E-state index in [0.29, 0.717) is 18.6 Å². The van der Waals surface area contributed by atoms with Gasteiger partial charge in [0.25, 0.3) is 0 Å². The smallest absolute Gasteiger partial charge is 0.123 e. The lowest BCUT2D eigenvalue weighted by molar-refractivity contribution is 0.220. The van der Waals surface area contributed by atoms with Gasteiger partial charge in [-0.15, -0.1) is 0 Å². The third-order valence-corrected chi connectivity index (χ3v) is 3.93. The molecule has 22 heavy (non-hydrogen) atoms. The van der Waals surface area contributed by atoms with E-state index in [2.05, 4.69) is 46.5 Å². The van der Waals surface area contributed by atoms with E-state index in [0.717, 1.165) is 17.5 Å². The Labute approximate surface area is 135 Å². The summed E-state index contributed by atoms with van der Waals surface area (Å²) in [5.41, 5.74) is 1.51. The van der Waals surface area contributed by atoms with Crippen molar-refractivity contribution < 1.29 is 10.2 Å². The van der Waals surface area contributed by atoms with Gasteiger partial charge in [-0.05, 0) is 17.4 Å². The molecule has 2 heteroatoms. The summed E-state index contributed by atoms with van der Waals surface area (Å²) in [4.78, 5) is 0. The third-order valence-electron chi connectivity index (χ3n) is 3.93. The predicted octanol–water partition coefficient (Wildman–Crippen LogP) is 4.52. The Morgan fingerprint density at radius 1 is 1.09 bits per heavy atom. The van der Waals surface area contributed by atoms with E-state index in [9.17, 15) is 10.2 Å². The van der Waals surface area contributed by atoms with Crippen molar-refractivity contribution in [3.63, 3.8) is 0 Å². The van der Waals surface area contributed by atoms with Crippen LogP contribution in [0.5, 0.6) is 5.75 Å². The number of para-hydroxylation sites is 1. The van der Waals surface area contributed by atoms with Crippen molar-refractivity contribution in [2.75, 3.05) is 0 Å². The quantitative estimate of drug-likeness (QED) is 0.803. The van der Waals surface area contributed by atoms with Crippen LogP contribution >= 0.6 is 0 Å². The van der Waals surface area contributed by atoms with Crippen molar-refractivity contribution in [3.05, 3.63) is 29.3 Å². The Morgan fingerprint density at radius 2 is 1.68 bits per heavy atom. The molecule has 0 heterocycles. The lowest BCUT2D eigenvalue weighted by Gasteiger charge is -2.28. The average molecular weight is 302 g/mol. The van der Waals surface area contributed by atoms with Gasteiger partial charge in [-0.2, -0.15) is 0 Å². The highest BCUT2D eigenvalue weighted by atomic mass is 16.3. The summed E-state index contributed by atoms with van der Waals surface area (Å²) in [5.74, 6) is 6.35. The van der Waals surface area contributed by atoms with E-state index in [1.54, 1.807) is 0 Å². The summed E-state index contributed by atoms with van der Waals surface area (Å²) >= 11 is 0. The zero-order chi connectivity index (χ0) is 17.0. The molecule has 0 saturated heterocycles. The second-order valence-corrected chi connectivity index (χ2v) is 7.64. The van der Waals surface area contributed by atoms with Crippen molar-refractivity contribution in [1.82, 2.24) is 0 Å². The SMILES string of the molecule is CCCC(O)C#CCC(C)(C)c1cccc(C(C)(C)C)c1O. The molecule has 0 spiro atoms. The minimum atomic E-state index is -0.546. The van der Waals surface area contributed by atoms with Crippen LogP contribution in [-0.4, -0.2) is 16.3 Å². The first-order valence-electron chi connectivity index (χ1n) is 8.09. The molecule has 1 atom stereocenters. The molecular weight excluding hydrogens is 272 g/mol. The normalized spacial score (nSPS) is 13.4. The van der Waals surface area contributed by atoms with Gasteiger partial charge in [0, 0.05) is 17.4 Å². The molecule has 1 rings (SSSR count). The molecule has 0 aliphatic heterocycles. The van der Waals surface area contributed by atoms with E-state index in [-0.39, 0.29) is 10.8 Å². The van der Waals surface area contributed by atoms with Crippen LogP contribution in [0.15, 0.2) is 18.2 Å². The standard InChI is InChI=1S/C20H30O2/c1-7-10-15(21)11-9-14-20(5,6)17-13-8-12-16(18(17)22)19(2,3)4/h8,12-13,15,21-22H,7,10,14H2,1-6H3. The maximum absolute atomic E-state index is 10.7. The number of phenols is 1. The Kier molecular flexibility index (Phi) is 6.08. The molecule has 0 aliphatic carbocycles. The fourth-order valence-corrected chi connectivity index (χ4v) is 2.53. The van der Waals surface area contributed by atoms with Gasteiger partial charge in [0.1, 0.15) is 11.9 Å². The summed E-state index contributed by atoms with van der Waals surface area (Å²) in [5, 5.41) is 20.4. The van der Waals surface area contributed by atoms with Crippen molar-refractivity contribution in [2.45, 2.75) is 77.7 Å². The first-order chi connectivity index (χ1) is 10.1. The monoisotopic (exact) mass is 302 g/mol. The van der Waals surface area contributed by atoms with E-state index in [4.69, 9.17) is 0 Å². The molecule has 0 aliphatic rings. The van der Waals surface area contributed by atoms with Crippen molar-refractivity contribution in [2.24, 2.45) is 0 Å². The molecular formula is C20H30O2. The molecule has 122 valence electrons. The van der Waals surface area contributed by atoms with Crippen molar-refractivity contribution in [3.8, 4) is 17.6 Å². The van der Waals surface area contributed by atoms with Crippen LogP contribution in [-0.2, 0) is 10.8 Å². The number of phenolic OH excluding ortho intramolecular Hbond substituents is 1. The van der Waals surface area contributed by atoms with Gasteiger partial charge in [-0.25, -0.2) is 0 Å². The van der Waals surface area contributed by atoms with Gasteiger partial charge in [0.05, 0.1) is 0 Å². The number of aliphatic hydroxyl groups is 1. The van der Waals surface area contributed by atoms with Gasteiger partial charge in [-0.1, -0.05) is 78.0 Å². The lowest BCUT2D eigenvalue weighted by atomic mass is 9.77. The van der Waals surface area contributed by atoms with Crippen LogP contribution in [0.4, 0.5) is 0 Å². The van der Waals surface area contributed by atoms with Crippen LogP contribution < -0.4 is 0 Å². The summed E-state index contributed by atoms with van der Waals surface area (Å²) in [6.07, 6.45) is 1.69. The topological polar surface area (TPSA) is 40.5 Å². The first kappa shape index (κ1) is 18.6. The molecule has 1 unspecified atom stereocenters. The second-order valence-electron chi connectivity index (χ2n) is 7.64. The highest BCUT2D eigenvalue weighted by Crippen LogP contribution is 2.39. The first-order valence-corrected chi connectivity index (χ1v) is 8.09. The lowest BCUT2D eigenvalue weighted by Crippen LogP contribution is -2.19.